The Balaban J connectivity index is 1.44. The molecule has 6 nitrogen and oxygen atoms in total. The van der Waals surface area contributed by atoms with Crippen molar-refractivity contribution in [2.45, 2.75) is 32.7 Å². The molecule has 0 spiro atoms. The molecule has 0 aliphatic carbocycles. The van der Waals surface area contributed by atoms with Crippen LogP contribution in [0.25, 0.3) is 0 Å². The first-order valence-corrected chi connectivity index (χ1v) is 8.73. The highest BCUT2D eigenvalue weighted by atomic mass is 19.1. The van der Waals surface area contributed by atoms with Crippen LogP contribution in [0, 0.1) is 12.7 Å². The van der Waals surface area contributed by atoms with Crippen LogP contribution in [0.4, 0.5) is 4.39 Å². The number of aryl methyl sites for hydroxylation is 1. The van der Waals surface area contributed by atoms with E-state index in [0.29, 0.717) is 18.8 Å². The smallest absolute Gasteiger partial charge is 0.274 e. The molecule has 1 atom stereocenters. The van der Waals surface area contributed by atoms with E-state index >= 15 is 0 Å². The standard InChI is InChI=1S/C20H19FN4O2/c1-13-3-2-4-14(9-13)10-22-20(26)19-17-12-27-18(11-25(17)24-23-19)15-5-7-16(21)8-6-15/h2-9,18H,10-12H2,1H3,(H,22,26)/t18-/m1/s1. The Morgan fingerprint density at radius 1 is 1.30 bits per heavy atom. The zero-order chi connectivity index (χ0) is 18.8. The number of benzene rings is 2. The fourth-order valence-electron chi connectivity index (χ4n) is 3.16. The molecule has 2 aromatic carbocycles. The van der Waals surface area contributed by atoms with Gasteiger partial charge >= 0.3 is 0 Å². The molecule has 0 fully saturated rings. The zero-order valence-electron chi connectivity index (χ0n) is 14.9. The van der Waals surface area contributed by atoms with Crippen LogP contribution in [0.2, 0.25) is 0 Å². The SMILES string of the molecule is Cc1cccc(CNC(=O)c2nnn3c2CO[C@@H](c2ccc(F)cc2)C3)c1. The Morgan fingerprint density at radius 2 is 2.11 bits per heavy atom. The third-order valence-corrected chi connectivity index (χ3v) is 4.59. The van der Waals surface area contributed by atoms with Gasteiger partial charge in [0.1, 0.15) is 11.9 Å². The van der Waals surface area contributed by atoms with Gasteiger partial charge in [0.05, 0.1) is 18.8 Å². The molecule has 0 bridgehead atoms. The number of aromatic nitrogens is 3. The number of nitrogens with zero attached hydrogens (tertiary/aromatic N) is 3. The maximum atomic E-state index is 13.1. The Bertz CT molecular complexity index is 968. The Hall–Kier alpha value is -3.06. The number of nitrogens with one attached hydrogen (secondary N) is 1. The number of hydrogen-bond donors (Lipinski definition) is 1. The van der Waals surface area contributed by atoms with E-state index in [9.17, 15) is 9.18 Å². The predicted molar refractivity (Wildman–Crippen MR) is 96.3 cm³/mol. The summed E-state index contributed by atoms with van der Waals surface area (Å²) >= 11 is 0. The molecule has 1 N–H and O–H groups in total. The van der Waals surface area contributed by atoms with Gasteiger partial charge < -0.3 is 10.1 Å². The molecule has 0 saturated carbocycles. The van der Waals surface area contributed by atoms with Crippen molar-refractivity contribution in [3.05, 3.63) is 82.4 Å². The summed E-state index contributed by atoms with van der Waals surface area (Å²) in [7, 11) is 0. The summed E-state index contributed by atoms with van der Waals surface area (Å²) in [5.41, 5.74) is 3.96. The molecule has 1 amide bonds. The topological polar surface area (TPSA) is 69.0 Å². The number of rotatable bonds is 4. The zero-order valence-corrected chi connectivity index (χ0v) is 14.9. The summed E-state index contributed by atoms with van der Waals surface area (Å²) < 4.78 is 20.6. The van der Waals surface area contributed by atoms with Crippen LogP contribution in [-0.4, -0.2) is 20.9 Å². The average molecular weight is 366 g/mol. The largest absolute Gasteiger partial charge is 0.365 e. The van der Waals surface area contributed by atoms with E-state index in [-0.39, 0.29) is 30.1 Å². The molecule has 138 valence electrons. The molecular formula is C20H19FN4O2. The third-order valence-electron chi connectivity index (χ3n) is 4.59. The number of fused-ring (bicyclic) bond motifs is 1. The van der Waals surface area contributed by atoms with Crippen molar-refractivity contribution in [3.8, 4) is 0 Å². The summed E-state index contributed by atoms with van der Waals surface area (Å²) in [6.45, 7) is 3.09. The maximum Gasteiger partial charge on any atom is 0.274 e. The first-order chi connectivity index (χ1) is 13.1. The highest BCUT2D eigenvalue weighted by Crippen LogP contribution is 2.27. The van der Waals surface area contributed by atoms with Crippen LogP contribution in [0.3, 0.4) is 0 Å². The van der Waals surface area contributed by atoms with Gasteiger partial charge in [-0.3, -0.25) is 4.79 Å². The maximum absolute atomic E-state index is 13.1. The Labute approximate surface area is 156 Å². The van der Waals surface area contributed by atoms with Gasteiger partial charge in [-0.05, 0) is 30.2 Å². The lowest BCUT2D eigenvalue weighted by atomic mass is 10.1. The number of carbonyl (C=O) groups is 1. The minimum Gasteiger partial charge on any atom is -0.365 e. The van der Waals surface area contributed by atoms with Gasteiger partial charge in [-0.15, -0.1) is 5.10 Å². The van der Waals surface area contributed by atoms with Gasteiger partial charge in [-0.1, -0.05) is 47.2 Å². The van der Waals surface area contributed by atoms with E-state index in [1.165, 1.54) is 12.1 Å². The Kier molecular flexibility index (Phi) is 4.68. The quantitative estimate of drug-likeness (QED) is 0.771. The first kappa shape index (κ1) is 17.4. The van der Waals surface area contributed by atoms with Crippen molar-refractivity contribution in [2.75, 3.05) is 0 Å². The summed E-state index contributed by atoms with van der Waals surface area (Å²) in [4.78, 5) is 12.5. The van der Waals surface area contributed by atoms with Crippen molar-refractivity contribution >= 4 is 5.91 Å². The monoisotopic (exact) mass is 366 g/mol. The number of amides is 1. The molecule has 0 unspecified atom stereocenters. The molecule has 0 radical (unpaired) electrons. The van der Waals surface area contributed by atoms with E-state index in [0.717, 1.165) is 16.7 Å². The minimum atomic E-state index is -0.288. The summed E-state index contributed by atoms with van der Waals surface area (Å²) in [5.74, 6) is -0.565. The van der Waals surface area contributed by atoms with E-state index in [4.69, 9.17) is 4.74 Å². The van der Waals surface area contributed by atoms with Gasteiger partial charge in [0.15, 0.2) is 5.69 Å². The fraction of sp³-hybridized carbons (Fsp3) is 0.250. The summed E-state index contributed by atoms with van der Waals surface area (Å²) in [5, 5.41) is 11.0. The molecule has 1 aromatic heterocycles. The Morgan fingerprint density at radius 3 is 2.89 bits per heavy atom. The van der Waals surface area contributed by atoms with Gasteiger partial charge in [0.25, 0.3) is 5.91 Å². The predicted octanol–water partition coefficient (Wildman–Crippen LogP) is 2.93. The van der Waals surface area contributed by atoms with Crippen LogP contribution >= 0.6 is 0 Å². The second kappa shape index (κ2) is 7.28. The second-order valence-electron chi connectivity index (χ2n) is 6.59. The van der Waals surface area contributed by atoms with Crippen LogP contribution in [0.1, 0.15) is 39.0 Å². The van der Waals surface area contributed by atoms with Gasteiger partial charge in [-0.25, -0.2) is 9.07 Å². The number of ether oxygens (including phenoxy) is 1. The molecule has 4 rings (SSSR count). The van der Waals surface area contributed by atoms with Crippen molar-refractivity contribution in [1.29, 1.82) is 0 Å². The lowest BCUT2D eigenvalue weighted by molar-refractivity contribution is -0.00180. The number of hydrogen-bond acceptors (Lipinski definition) is 4. The molecule has 1 aliphatic rings. The van der Waals surface area contributed by atoms with Crippen LogP contribution in [0.15, 0.2) is 48.5 Å². The van der Waals surface area contributed by atoms with Crippen molar-refractivity contribution in [1.82, 2.24) is 20.3 Å². The summed E-state index contributed by atoms with van der Waals surface area (Å²) in [6.07, 6.45) is -0.247. The first-order valence-electron chi connectivity index (χ1n) is 8.73. The van der Waals surface area contributed by atoms with Crippen LogP contribution in [-0.2, 0) is 24.4 Å². The van der Waals surface area contributed by atoms with Crippen molar-refractivity contribution in [3.63, 3.8) is 0 Å². The molecular weight excluding hydrogens is 347 g/mol. The molecule has 7 heteroatoms. The van der Waals surface area contributed by atoms with E-state index in [2.05, 4.69) is 15.6 Å². The normalized spacial score (nSPS) is 16.0. The van der Waals surface area contributed by atoms with Crippen LogP contribution in [0.5, 0.6) is 0 Å². The molecule has 0 saturated heterocycles. The van der Waals surface area contributed by atoms with Gasteiger partial charge in [0, 0.05) is 6.54 Å². The molecule has 3 aromatic rings. The molecule has 1 aliphatic heterocycles. The van der Waals surface area contributed by atoms with E-state index in [1.54, 1.807) is 16.8 Å². The fourth-order valence-corrected chi connectivity index (χ4v) is 3.16. The summed E-state index contributed by atoms with van der Waals surface area (Å²) in [6, 6.07) is 14.1. The van der Waals surface area contributed by atoms with Crippen molar-refractivity contribution in [2.24, 2.45) is 0 Å². The van der Waals surface area contributed by atoms with Gasteiger partial charge in [0.2, 0.25) is 0 Å². The second-order valence-corrected chi connectivity index (χ2v) is 6.59. The van der Waals surface area contributed by atoms with Crippen molar-refractivity contribution < 1.29 is 13.9 Å². The highest BCUT2D eigenvalue weighted by molar-refractivity contribution is 5.93. The molecule has 2 heterocycles. The lowest BCUT2D eigenvalue weighted by Crippen LogP contribution is -2.27. The van der Waals surface area contributed by atoms with E-state index < -0.39 is 0 Å². The van der Waals surface area contributed by atoms with E-state index in [1.807, 2.05) is 31.2 Å². The number of carbonyl (C=O) groups excluding carboxylic acids is 1. The minimum absolute atomic E-state index is 0.224. The average Bonchev–Trinajstić information content (AvgIpc) is 3.10. The third kappa shape index (κ3) is 3.73. The number of halogens is 1. The highest BCUT2D eigenvalue weighted by Gasteiger charge is 2.27. The van der Waals surface area contributed by atoms with Gasteiger partial charge in [-0.2, -0.15) is 0 Å². The van der Waals surface area contributed by atoms with Crippen LogP contribution < -0.4 is 5.32 Å². The lowest BCUT2D eigenvalue weighted by Gasteiger charge is -2.24. The molecule has 27 heavy (non-hydrogen) atoms.